The highest BCUT2D eigenvalue weighted by Gasteiger charge is 2.31. The smallest absolute Gasteiger partial charge is 0.337 e. The van der Waals surface area contributed by atoms with Gasteiger partial charge in [0.2, 0.25) is 0 Å². The van der Waals surface area contributed by atoms with Crippen molar-refractivity contribution in [1.82, 2.24) is 10.2 Å². The zero-order chi connectivity index (χ0) is 13.8. The van der Waals surface area contributed by atoms with E-state index in [-0.39, 0.29) is 25.1 Å². The molecule has 1 aliphatic rings. The van der Waals surface area contributed by atoms with Gasteiger partial charge in [0.05, 0.1) is 6.54 Å². The Morgan fingerprint density at radius 3 is 2.39 bits per heavy atom. The number of carboxylic acid groups (broad SMARTS) is 1. The van der Waals surface area contributed by atoms with Gasteiger partial charge in [0, 0.05) is 19.7 Å². The Balaban J connectivity index is 2.36. The summed E-state index contributed by atoms with van der Waals surface area (Å²) in [6, 6.07) is -0.382. The molecule has 1 saturated heterocycles. The van der Waals surface area contributed by atoms with E-state index in [1.54, 1.807) is 4.90 Å². The first-order valence-corrected chi connectivity index (χ1v) is 5.96. The van der Waals surface area contributed by atoms with Crippen LogP contribution >= 0.6 is 0 Å². The number of piperidine rings is 1. The molecule has 0 aromatic carbocycles. The maximum absolute atomic E-state index is 11.7. The van der Waals surface area contributed by atoms with Crippen molar-refractivity contribution in [2.24, 2.45) is 5.92 Å². The van der Waals surface area contributed by atoms with E-state index >= 15 is 0 Å². The van der Waals surface area contributed by atoms with Crippen molar-refractivity contribution in [2.75, 3.05) is 26.2 Å². The molecular formula is C11H20N2O5. The third kappa shape index (κ3) is 3.85. The summed E-state index contributed by atoms with van der Waals surface area (Å²) in [6.07, 6.45) is 1.47. The van der Waals surface area contributed by atoms with Crippen LogP contribution in [0, 0.1) is 5.92 Å². The van der Waals surface area contributed by atoms with Gasteiger partial charge in [-0.15, -0.1) is 0 Å². The molecule has 4 N–H and O–H groups in total. The number of aliphatic hydroxyl groups is 2. The lowest BCUT2D eigenvalue weighted by Gasteiger charge is -2.31. The minimum atomic E-state index is -1.96. The van der Waals surface area contributed by atoms with Gasteiger partial charge in [0.1, 0.15) is 0 Å². The second-order valence-corrected chi connectivity index (χ2v) is 4.85. The zero-order valence-electron chi connectivity index (χ0n) is 10.4. The Hall–Kier alpha value is -1.34. The number of aliphatic carboxylic acids is 1. The summed E-state index contributed by atoms with van der Waals surface area (Å²) in [5.74, 6) is -1.14. The van der Waals surface area contributed by atoms with Crippen LogP contribution in [0.5, 0.6) is 0 Å². The van der Waals surface area contributed by atoms with E-state index < -0.39 is 11.6 Å². The van der Waals surface area contributed by atoms with Gasteiger partial charge in [-0.25, -0.2) is 9.59 Å². The third-order valence-corrected chi connectivity index (χ3v) is 3.20. The number of rotatable bonds is 4. The van der Waals surface area contributed by atoms with Crippen LogP contribution in [-0.2, 0) is 4.79 Å². The van der Waals surface area contributed by atoms with Crippen molar-refractivity contribution in [2.45, 2.75) is 25.4 Å². The average molecular weight is 260 g/mol. The second-order valence-electron chi connectivity index (χ2n) is 4.85. The molecule has 2 amide bonds. The van der Waals surface area contributed by atoms with Crippen LogP contribution < -0.4 is 5.32 Å². The van der Waals surface area contributed by atoms with E-state index in [1.165, 1.54) is 0 Å². The number of carboxylic acids is 1. The van der Waals surface area contributed by atoms with Crippen LogP contribution in [-0.4, -0.2) is 64.1 Å². The Morgan fingerprint density at radius 2 is 1.94 bits per heavy atom. The lowest BCUT2D eigenvalue weighted by molar-refractivity contribution is -0.155. The lowest BCUT2D eigenvalue weighted by atomic mass is 9.98. The molecule has 1 fully saturated rings. The summed E-state index contributed by atoms with van der Waals surface area (Å²) in [5, 5.41) is 29.5. The standard InChI is InChI=1S/C11H20N2O5/c1-11(18,9(15)16)7-12-10(17)13-4-2-8(6-14)3-5-13/h8,14,18H,2-7H2,1H3,(H,12,17)(H,15,16). The van der Waals surface area contributed by atoms with Crippen LogP contribution in [0.3, 0.4) is 0 Å². The number of carbonyl (C=O) groups excluding carboxylic acids is 1. The van der Waals surface area contributed by atoms with Gasteiger partial charge in [-0.05, 0) is 25.7 Å². The van der Waals surface area contributed by atoms with E-state index in [0.29, 0.717) is 13.1 Å². The summed E-state index contributed by atoms with van der Waals surface area (Å²) < 4.78 is 0. The van der Waals surface area contributed by atoms with Gasteiger partial charge in [-0.3, -0.25) is 0 Å². The average Bonchev–Trinajstić information content (AvgIpc) is 2.36. The molecule has 0 aromatic rings. The Labute approximate surface area is 105 Å². The quantitative estimate of drug-likeness (QED) is 0.531. The monoisotopic (exact) mass is 260 g/mol. The van der Waals surface area contributed by atoms with E-state index in [0.717, 1.165) is 19.8 Å². The minimum absolute atomic E-state index is 0.128. The first-order valence-electron chi connectivity index (χ1n) is 5.96. The number of hydrogen-bond donors (Lipinski definition) is 4. The second kappa shape index (κ2) is 6.01. The molecule has 0 bridgehead atoms. The Kier molecular flexibility index (Phi) is 4.92. The van der Waals surface area contributed by atoms with Crippen LogP contribution in [0.15, 0.2) is 0 Å². The molecule has 104 valence electrons. The predicted octanol–water partition coefficient (Wildman–Crippen LogP) is -0.764. The number of hydrogen-bond acceptors (Lipinski definition) is 4. The molecule has 0 spiro atoms. The fraction of sp³-hybridized carbons (Fsp3) is 0.818. The number of aliphatic hydroxyl groups excluding tert-OH is 1. The van der Waals surface area contributed by atoms with Crippen molar-refractivity contribution in [3.63, 3.8) is 0 Å². The van der Waals surface area contributed by atoms with Crippen molar-refractivity contribution in [3.05, 3.63) is 0 Å². The van der Waals surface area contributed by atoms with Crippen LogP contribution in [0.4, 0.5) is 4.79 Å². The maximum atomic E-state index is 11.7. The molecular weight excluding hydrogens is 240 g/mol. The fourth-order valence-electron chi connectivity index (χ4n) is 1.75. The van der Waals surface area contributed by atoms with Gasteiger partial charge >= 0.3 is 12.0 Å². The van der Waals surface area contributed by atoms with Crippen molar-refractivity contribution >= 4 is 12.0 Å². The summed E-state index contributed by atoms with van der Waals surface area (Å²) in [4.78, 5) is 23.9. The first kappa shape index (κ1) is 14.7. The van der Waals surface area contributed by atoms with Crippen molar-refractivity contribution in [3.8, 4) is 0 Å². The molecule has 0 aromatic heterocycles. The summed E-state index contributed by atoms with van der Waals surface area (Å²) in [5.41, 5.74) is -1.96. The molecule has 0 aliphatic carbocycles. The molecule has 0 saturated carbocycles. The highest BCUT2D eigenvalue weighted by molar-refractivity contribution is 5.79. The van der Waals surface area contributed by atoms with E-state index in [2.05, 4.69) is 5.32 Å². The van der Waals surface area contributed by atoms with Crippen molar-refractivity contribution in [1.29, 1.82) is 0 Å². The van der Waals surface area contributed by atoms with Gasteiger partial charge in [0.25, 0.3) is 0 Å². The largest absolute Gasteiger partial charge is 0.479 e. The number of likely N-dealkylation sites (tertiary alicyclic amines) is 1. The van der Waals surface area contributed by atoms with Gasteiger partial charge in [0.15, 0.2) is 5.60 Å². The molecule has 0 radical (unpaired) electrons. The predicted molar refractivity (Wildman–Crippen MR) is 63.0 cm³/mol. The zero-order valence-corrected chi connectivity index (χ0v) is 10.4. The molecule has 1 rings (SSSR count). The first-order chi connectivity index (χ1) is 8.36. The highest BCUT2D eigenvalue weighted by Crippen LogP contribution is 2.16. The van der Waals surface area contributed by atoms with Crippen LogP contribution in [0.2, 0.25) is 0 Å². The normalized spacial score (nSPS) is 20.3. The van der Waals surface area contributed by atoms with Crippen molar-refractivity contribution < 1.29 is 24.9 Å². The van der Waals surface area contributed by atoms with E-state index in [9.17, 15) is 14.7 Å². The van der Waals surface area contributed by atoms with Crippen LogP contribution in [0.25, 0.3) is 0 Å². The molecule has 1 unspecified atom stereocenters. The van der Waals surface area contributed by atoms with Crippen LogP contribution in [0.1, 0.15) is 19.8 Å². The number of nitrogens with zero attached hydrogens (tertiary/aromatic N) is 1. The third-order valence-electron chi connectivity index (χ3n) is 3.20. The van der Waals surface area contributed by atoms with Gasteiger partial charge < -0.3 is 25.5 Å². The van der Waals surface area contributed by atoms with Gasteiger partial charge in [-0.2, -0.15) is 0 Å². The van der Waals surface area contributed by atoms with E-state index in [1.807, 2.05) is 0 Å². The number of carbonyl (C=O) groups is 2. The molecule has 18 heavy (non-hydrogen) atoms. The maximum Gasteiger partial charge on any atom is 0.337 e. The molecule has 7 heteroatoms. The Bertz CT molecular complexity index is 311. The molecule has 1 aliphatic heterocycles. The van der Waals surface area contributed by atoms with E-state index in [4.69, 9.17) is 10.2 Å². The minimum Gasteiger partial charge on any atom is -0.479 e. The summed E-state index contributed by atoms with van der Waals surface area (Å²) in [7, 11) is 0. The number of amides is 2. The molecule has 1 heterocycles. The molecule has 1 atom stereocenters. The SMILES string of the molecule is CC(O)(CNC(=O)N1CCC(CO)CC1)C(=O)O. The number of nitrogens with one attached hydrogen (secondary N) is 1. The summed E-state index contributed by atoms with van der Waals surface area (Å²) >= 11 is 0. The summed E-state index contributed by atoms with van der Waals surface area (Å²) in [6.45, 7) is 2.00. The highest BCUT2D eigenvalue weighted by atomic mass is 16.4. The number of urea groups is 1. The molecule has 7 nitrogen and oxygen atoms in total. The Morgan fingerprint density at radius 1 is 1.39 bits per heavy atom. The fourth-order valence-corrected chi connectivity index (χ4v) is 1.75. The lowest BCUT2D eigenvalue weighted by Crippen LogP contribution is -2.51. The van der Waals surface area contributed by atoms with Gasteiger partial charge in [-0.1, -0.05) is 0 Å². The topological polar surface area (TPSA) is 110 Å².